The van der Waals surface area contributed by atoms with Crippen LogP contribution in [-0.2, 0) is 4.43 Å². The summed E-state index contributed by atoms with van der Waals surface area (Å²) in [6.07, 6.45) is 6.06. The van der Waals surface area contributed by atoms with Crippen molar-refractivity contribution in [3.63, 3.8) is 0 Å². The Bertz CT molecular complexity index is 100. The van der Waals surface area contributed by atoms with Crippen LogP contribution in [0.1, 0.15) is 33.1 Å². The van der Waals surface area contributed by atoms with E-state index in [1.165, 1.54) is 12.8 Å². The lowest BCUT2D eigenvalue weighted by Gasteiger charge is -1.87. The van der Waals surface area contributed by atoms with E-state index in [4.69, 9.17) is 4.43 Å². The van der Waals surface area contributed by atoms with E-state index in [1.807, 2.05) is 0 Å². The van der Waals surface area contributed by atoms with Crippen molar-refractivity contribution in [2.24, 2.45) is 0 Å². The van der Waals surface area contributed by atoms with Crippen molar-refractivity contribution in [1.29, 1.82) is 0 Å². The van der Waals surface area contributed by atoms with Crippen LogP contribution in [0.15, 0.2) is 0 Å². The average Bonchev–Trinajstić information content (AvgIpc) is 1.97. The molecule has 0 aromatic carbocycles. The van der Waals surface area contributed by atoms with Crippen molar-refractivity contribution in [3.05, 3.63) is 0 Å². The molecule has 0 atom stereocenters. The Morgan fingerprint density at radius 1 is 1.40 bits per heavy atom. The molecular formula is C8H14OSi. The van der Waals surface area contributed by atoms with Crippen LogP contribution in [0, 0.1) is 12.0 Å². The van der Waals surface area contributed by atoms with E-state index in [2.05, 4.69) is 25.9 Å². The summed E-state index contributed by atoms with van der Waals surface area (Å²) in [6, 6.07) is 1.07. The van der Waals surface area contributed by atoms with E-state index in [-0.39, 0.29) is 0 Å². The maximum absolute atomic E-state index is 5.00. The molecule has 0 aliphatic rings. The zero-order valence-electron chi connectivity index (χ0n) is 6.74. The molecule has 0 heterocycles. The van der Waals surface area contributed by atoms with Crippen LogP contribution in [0.25, 0.3) is 0 Å². The van der Waals surface area contributed by atoms with Gasteiger partial charge in [0.05, 0.1) is 6.11 Å². The number of unbranched alkanes of at least 4 members (excludes halogenated alkanes) is 2. The number of hydrogen-bond acceptors (Lipinski definition) is 1. The van der Waals surface area contributed by atoms with E-state index in [0.29, 0.717) is 9.76 Å². The van der Waals surface area contributed by atoms with Gasteiger partial charge in [0, 0.05) is 6.42 Å². The predicted molar refractivity (Wildman–Crippen MR) is 44.6 cm³/mol. The number of hydrogen-bond donors (Lipinski definition) is 0. The standard InChI is InChI=1S/C8H14OSi/c1-3-5-6-7-8-9-10-4-2/h3-6H2,1-2H3. The summed E-state index contributed by atoms with van der Waals surface area (Å²) in [5, 5.41) is 0. The second-order valence-corrected chi connectivity index (χ2v) is 3.18. The molecule has 10 heavy (non-hydrogen) atoms. The highest BCUT2D eigenvalue weighted by atomic mass is 28.2. The van der Waals surface area contributed by atoms with Gasteiger partial charge in [0.2, 0.25) is 0 Å². The van der Waals surface area contributed by atoms with Crippen LogP contribution in [0.5, 0.6) is 0 Å². The molecule has 2 radical (unpaired) electrons. The minimum Gasteiger partial charge on any atom is -0.500 e. The average molecular weight is 154 g/mol. The summed E-state index contributed by atoms with van der Waals surface area (Å²) in [5.41, 5.74) is 0. The first-order chi connectivity index (χ1) is 4.91. The zero-order valence-corrected chi connectivity index (χ0v) is 7.74. The highest BCUT2D eigenvalue weighted by Crippen LogP contribution is 1.90. The third kappa shape index (κ3) is 7.58. The fourth-order valence-electron chi connectivity index (χ4n) is 0.461. The highest BCUT2D eigenvalue weighted by molar-refractivity contribution is 6.27. The molecule has 0 N–H and O–H groups in total. The van der Waals surface area contributed by atoms with E-state index < -0.39 is 0 Å². The van der Waals surface area contributed by atoms with Gasteiger partial charge in [-0.1, -0.05) is 26.2 Å². The number of rotatable bonds is 4. The Hall–Kier alpha value is -0.423. The van der Waals surface area contributed by atoms with Gasteiger partial charge in [-0.3, -0.25) is 0 Å². The molecule has 1 nitrogen and oxygen atoms in total. The largest absolute Gasteiger partial charge is 0.500 e. The summed E-state index contributed by atoms with van der Waals surface area (Å²) in [7, 11) is 0.553. The van der Waals surface area contributed by atoms with Crippen LogP contribution in [0.3, 0.4) is 0 Å². The molecule has 0 saturated carbocycles. The van der Waals surface area contributed by atoms with Crippen molar-refractivity contribution in [2.45, 2.75) is 39.2 Å². The van der Waals surface area contributed by atoms with Gasteiger partial charge in [-0.05, 0) is 12.5 Å². The molecule has 0 bridgehead atoms. The lowest BCUT2D eigenvalue weighted by Crippen LogP contribution is -1.87. The van der Waals surface area contributed by atoms with Crippen LogP contribution in [-0.4, -0.2) is 9.76 Å². The Kier molecular flexibility index (Phi) is 8.21. The smallest absolute Gasteiger partial charge is 0.327 e. The Labute approximate surface area is 66.1 Å². The summed E-state index contributed by atoms with van der Waals surface area (Å²) in [5.74, 6) is 2.96. The van der Waals surface area contributed by atoms with Crippen molar-refractivity contribution in [2.75, 3.05) is 0 Å². The molecule has 0 amide bonds. The predicted octanol–water partition coefficient (Wildman–Crippen LogP) is 2.21. The summed E-state index contributed by atoms with van der Waals surface area (Å²) < 4.78 is 5.00. The second kappa shape index (κ2) is 8.58. The summed E-state index contributed by atoms with van der Waals surface area (Å²) >= 11 is 0. The lowest BCUT2D eigenvalue weighted by atomic mass is 10.3. The molecule has 0 rings (SSSR count). The molecular weight excluding hydrogens is 140 g/mol. The minimum atomic E-state index is 0.553. The van der Waals surface area contributed by atoms with Crippen molar-refractivity contribution in [1.82, 2.24) is 0 Å². The fraction of sp³-hybridized carbons (Fsp3) is 0.750. The van der Waals surface area contributed by atoms with Crippen LogP contribution >= 0.6 is 0 Å². The monoisotopic (exact) mass is 154 g/mol. The Balaban J connectivity index is 2.98. The van der Waals surface area contributed by atoms with Crippen molar-refractivity contribution in [3.8, 4) is 12.0 Å². The van der Waals surface area contributed by atoms with Crippen LogP contribution < -0.4 is 0 Å². The van der Waals surface area contributed by atoms with Gasteiger partial charge in [-0.2, -0.15) is 0 Å². The minimum absolute atomic E-state index is 0.553. The Morgan fingerprint density at radius 2 is 2.20 bits per heavy atom. The third-order valence-corrected chi connectivity index (χ3v) is 1.53. The normalized spacial score (nSPS) is 8.20. The second-order valence-electron chi connectivity index (χ2n) is 1.98. The third-order valence-electron chi connectivity index (χ3n) is 0.995. The van der Waals surface area contributed by atoms with E-state index in [1.54, 1.807) is 0 Å². The molecule has 0 saturated heterocycles. The zero-order chi connectivity index (χ0) is 7.66. The maximum atomic E-state index is 5.00. The van der Waals surface area contributed by atoms with Crippen LogP contribution in [0.2, 0.25) is 6.04 Å². The molecule has 0 aromatic heterocycles. The molecule has 2 heteroatoms. The molecule has 0 aliphatic carbocycles. The van der Waals surface area contributed by atoms with Gasteiger partial charge in [-0.25, -0.2) is 0 Å². The van der Waals surface area contributed by atoms with E-state index >= 15 is 0 Å². The highest BCUT2D eigenvalue weighted by Gasteiger charge is 1.80. The van der Waals surface area contributed by atoms with Gasteiger partial charge in [0.15, 0.2) is 0 Å². The molecule has 56 valence electrons. The molecule has 0 aromatic rings. The van der Waals surface area contributed by atoms with Crippen molar-refractivity contribution < 1.29 is 4.43 Å². The summed E-state index contributed by atoms with van der Waals surface area (Å²) in [4.78, 5) is 0. The van der Waals surface area contributed by atoms with Crippen LogP contribution in [0.4, 0.5) is 0 Å². The SMILES string of the molecule is CCCCC#CO[Si]CC. The lowest BCUT2D eigenvalue weighted by molar-refractivity contribution is 0.555. The topological polar surface area (TPSA) is 9.23 Å². The summed E-state index contributed by atoms with van der Waals surface area (Å²) in [6.45, 7) is 4.25. The van der Waals surface area contributed by atoms with Crippen molar-refractivity contribution >= 4 is 9.76 Å². The first kappa shape index (κ1) is 9.58. The molecule has 0 aliphatic heterocycles. The van der Waals surface area contributed by atoms with E-state index in [9.17, 15) is 0 Å². The molecule has 0 spiro atoms. The quantitative estimate of drug-likeness (QED) is 0.343. The van der Waals surface area contributed by atoms with Gasteiger partial charge in [-0.15, -0.1) is 0 Å². The first-order valence-corrected chi connectivity index (χ1v) is 4.89. The van der Waals surface area contributed by atoms with Gasteiger partial charge in [0.25, 0.3) is 0 Å². The first-order valence-electron chi connectivity index (χ1n) is 3.78. The Morgan fingerprint density at radius 3 is 2.80 bits per heavy atom. The van der Waals surface area contributed by atoms with E-state index in [0.717, 1.165) is 12.5 Å². The van der Waals surface area contributed by atoms with Gasteiger partial charge in [0.1, 0.15) is 0 Å². The molecule has 0 unspecified atom stereocenters. The van der Waals surface area contributed by atoms with Gasteiger partial charge >= 0.3 is 9.76 Å². The van der Waals surface area contributed by atoms with Gasteiger partial charge < -0.3 is 4.43 Å². The maximum Gasteiger partial charge on any atom is 0.327 e. The molecule has 0 fully saturated rings. The fourth-order valence-corrected chi connectivity index (χ4v) is 0.749.